The monoisotopic (exact) mass is 348 g/mol. The topological polar surface area (TPSA) is 62.2 Å². The Morgan fingerprint density at radius 2 is 1.92 bits per heavy atom. The lowest BCUT2D eigenvalue weighted by atomic mass is 9.95. The Bertz CT molecular complexity index is 904. The van der Waals surface area contributed by atoms with Crippen LogP contribution in [0, 0.1) is 6.92 Å². The second-order valence-electron chi connectivity index (χ2n) is 6.59. The van der Waals surface area contributed by atoms with Crippen LogP contribution in [0.4, 0.5) is 0 Å². The predicted molar refractivity (Wildman–Crippen MR) is 104 cm³/mol. The van der Waals surface area contributed by atoms with E-state index in [2.05, 4.69) is 17.2 Å². The van der Waals surface area contributed by atoms with E-state index in [1.54, 1.807) is 6.20 Å². The van der Waals surface area contributed by atoms with Crippen molar-refractivity contribution in [2.75, 3.05) is 0 Å². The third kappa shape index (κ3) is 3.85. The molecule has 26 heavy (non-hydrogen) atoms. The second-order valence-corrected chi connectivity index (χ2v) is 6.59. The van der Waals surface area contributed by atoms with Crippen LogP contribution in [0.2, 0.25) is 0 Å². The number of carbonyl (C=O) groups is 1. The van der Waals surface area contributed by atoms with Gasteiger partial charge in [0.2, 0.25) is 5.91 Å². The van der Waals surface area contributed by atoms with E-state index < -0.39 is 6.04 Å². The molecule has 2 aromatic carbocycles. The molecule has 3 rings (SSSR count). The van der Waals surface area contributed by atoms with Crippen LogP contribution in [0.1, 0.15) is 48.9 Å². The molecule has 3 aromatic rings. The highest BCUT2D eigenvalue weighted by atomic mass is 16.3. The summed E-state index contributed by atoms with van der Waals surface area (Å²) in [6.07, 6.45) is 3.95. The van der Waals surface area contributed by atoms with Crippen molar-refractivity contribution in [2.24, 2.45) is 0 Å². The first-order valence-corrected chi connectivity index (χ1v) is 9.02. The number of hydrogen-bond donors (Lipinski definition) is 2. The Morgan fingerprint density at radius 3 is 2.65 bits per heavy atom. The standard InChI is InChI=1S/C22H24N2O2/c1-3-4-7-19(25)24-20(17-10-8-15(2)9-11-17)18-13-12-16-6-5-14-23-21(16)22(18)26/h5-6,8-14,20,26H,3-4,7H2,1-2H3,(H,24,25)/t20-/m0/s1. The Hall–Kier alpha value is -2.88. The van der Waals surface area contributed by atoms with Gasteiger partial charge in [-0.15, -0.1) is 0 Å². The number of aromatic hydroxyl groups is 1. The maximum Gasteiger partial charge on any atom is 0.220 e. The molecule has 4 nitrogen and oxygen atoms in total. The predicted octanol–water partition coefficient (Wildman–Crippen LogP) is 4.64. The molecule has 1 atom stereocenters. The SMILES string of the molecule is CCCCC(=O)N[C@@H](c1ccc(C)cc1)c1ccc2cccnc2c1O. The summed E-state index contributed by atoms with van der Waals surface area (Å²) >= 11 is 0. The summed E-state index contributed by atoms with van der Waals surface area (Å²) in [6, 6.07) is 15.1. The Kier molecular flexibility index (Phi) is 5.52. The van der Waals surface area contributed by atoms with Gasteiger partial charge in [0.1, 0.15) is 11.3 Å². The summed E-state index contributed by atoms with van der Waals surface area (Å²) in [5.41, 5.74) is 3.29. The largest absolute Gasteiger partial charge is 0.505 e. The molecular formula is C22H24N2O2. The van der Waals surface area contributed by atoms with E-state index in [4.69, 9.17) is 0 Å². The lowest BCUT2D eigenvalue weighted by Crippen LogP contribution is -2.29. The highest BCUT2D eigenvalue weighted by Crippen LogP contribution is 2.34. The quantitative estimate of drug-likeness (QED) is 0.682. The molecule has 2 N–H and O–H groups in total. The van der Waals surface area contributed by atoms with Crippen molar-refractivity contribution in [3.8, 4) is 5.75 Å². The van der Waals surface area contributed by atoms with Crippen molar-refractivity contribution in [1.82, 2.24) is 10.3 Å². The second kappa shape index (κ2) is 8.00. The molecule has 134 valence electrons. The van der Waals surface area contributed by atoms with Crippen molar-refractivity contribution in [3.63, 3.8) is 0 Å². The van der Waals surface area contributed by atoms with Gasteiger partial charge in [-0.1, -0.05) is 61.4 Å². The third-order valence-corrected chi connectivity index (χ3v) is 4.56. The van der Waals surface area contributed by atoms with Crippen LogP contribution in [-0.2, 0) is 4.79 Å². The number of aromatic nitrogens is 1. The van der Waals surface area contributed by atoms with Crippen LogP contribution in [0.25, 0.3) is 10.9 Å². The fraction of sp³-hybridized carbons (Fsp3) is 0.273. The molecule has 0 aliphatic carbocycles. The zero-order valence-electron chi connectivity index (χ0n) is 15.2. The van der Waals surface area contributed by atoms with Gasteiger partial charge < -0.3 is 10.4 Å². The van der Waals surface area contributed by atoms with Crippen molar-refractivity contribution < 1.29 is 9.90 Å². The number of amides is 1. The number of phenols is 1. The number of carbonyl (C=O) groups excluding carboxylic acids is 1. The number of fused-ring (bicyclic) bond motifs is 1. The van der Waals surface area contributed by atoms with Gasteiger partial charge in [-0.25, -0.2) is 0 Å². The van der Waals surface area contributed by atoms with E-state index >= 15 is 0 Å². The van der Waals surface area contributed by atoms with E-state index in [9.17, 15) is 9.90 Å². The summed E-state index contributed by atoms with van der Waals surface area (Å²) in [7, 11) is 0. The van der Waals surface area contributed by atoms with Gasteiger partial charge in [-0.2, -0.15) is 0 Å². The smallest absolute Gasteiger partial charge is 0.220 e. The highest BCUT2D eigenvalue weighted by Gasteiger charge is 2.21. The number of unbranched alkanes of at least 4 members (excludes halogenated alkanes) is 1. The molecule has 1 heterocycles. The fourth-order valence-electron chi connectivity index (χ4n) is 3.05. The van der Waals surface area contributed by atoms with Crippen molar-refractivity contribution in [3.05, 3.63) is 71.4 Å². The average molecular weight is 348 g/mol. The summed E-state index contributed by atoms with van der Waals surface area (Å²) in [5.74, 6) is 0.0995. The summed E-state index contributed by atoms with van der Waals surface area (Å²) in [5, 5.41) is 14.8. The van der Waals surface area contributed by atoms with Crippen molar-refractivity contribution in [2.45, 2.75) is 39.2 Å². The lowest BCUT2D eigenvalue weighted by Gasteiger charge is -2.21. The number of hydrogen-bond acceptors (Lipinski definition) is 3. The molecular weight excluding hydrogens is 324 g/mol. The van der Waals surface area contributed by atoms with E-state index in [1.807, 2.05) is 55.5 Å². The van der Waals surface area contributed by atoms with Crippen molar-refractivity contribution >= 4 is 16.8 Å². The van der Waals surface area contributed by atoms with Crippen molar-refractivity contribution in [1.29, 1.82) is 0 Å². The third-order valence-electron chi connectivity index (χ3n) is 4.56. The normalized spacial score (nSPS) is 12.1. The van der Waals surface area contributed by atoms with Crippen LogP contribution in [0.3, 0.4) is 0 Å². The average Bonchev–Trinajstić information content (AvgIpc) is 2.66. The summed E-state index contributed by atoms with van der Waals surface area (Å²) < 4.78 is 0. The Labute approximate surface area is 153 Å². The zero-order valence-corrected chi connectivity index (χ0v) is 15.2. The molecule has 0 unspecified atom stereocenters. The van der Waals surface area contributed by atoms with Crippen LogP contribution in [0.5, 0.6) is 5.75 Å². The number of benzene rings is 2. The van der Waals surface area contributed by atoms with Crippen LogP contribution >= 0.6 is 0 Å². The molecule has 4 heteroatoms. The number of phenolic OH excluding ortho intramolecular Hbond substituents is 1. The number of nitrogens with zero attached hydrogens (tertiary/aromatic N) is 1. The van der Waals surface area contributed by atoms with Crippen LogP contribution < -0.4 is 5.32 Å². The lowest BCUT2D eigenvalue weighted by molar-refractivity contribution is -0.121. The Morgan fingerprint density at radius 1 is 1.15 bits per heavy atom. The fourth-order valence-corrected chi connectivity index (χ4v) is 3.05. The molecule has 1 aromatic heterocycles. The van der Waals surface area contributed by atoms with Gasteiger partial charge in [-0.3, -0.25) is 9.78 Å². The number of nitrogens with one attached hydrogen (secondary N) is 1. The number of rotatable bonds is 6. The molecule has 0 spiro atoms. The minimum Gasteiger partial charge on any atom is -0.505 e. The van der Waals surface area contributed by atoms with E-state index in [-0.39, 0.29) is 11.7 Å². The highest BCUT2D eigenvalue weighted by molar-refractivity contribution is 5.86. The van der Waals surface area contributed by atoms with Gasteiger partial charge in [0, 0.05) is 23.6 Å². The maximum atomic E-state index is 12.4. The van der Waals surface area contributed by atoms with Gasteiger partial charge >= 0.3 is 0 Å². The first-order valence-electron chi connectivity index (χ1n) is 9.02. The van der Waals surface area contributed by atoms with Gasteiger partial charge in [0.15, 0.2) is 0 Å². The minimum absolute atomic E-state index is 0.0158. The number of pyridine rings is 1. The van der Waals surface area contributed by atoms with Crippen LogP contribution in [0.15, 0.2) is 54.7 Å². The first kappa shape index (κ1) is 17.9. The molecule has 0 bridgehead atoms. The van der Waals surface area contributed by atoms with E-state index in [0.29, 0.717) is 17.5 Å². The molecule has 1 amide bonds. The first-order chi connectivity index (χ1) is 12.6. The maximum absolute atomic E-state index is 12.4. The molecule has 0 aliphatic rings. The molecule has 0 aliphatic heterocycles. The van der Waals surface area contributed by atoms with Gasteiger partial charge in [0.05, 0.1) is 6.04 Å². The van der Waals surface area contributed by atoms with Crippen LogP contribution in [-0.4, -0.2) is 16.0 Å². The van der Waals surface area contributed by atoms with Gasteiger partial charge in [-0.05, 0) is 25.0 Å². The van der Waals surface area contributed by atoms with E-state index in [1.165, 1.54) is 0 Å². The molecule has 0 saturated carbocycles. The minimum atomic E-state index is -0.411. The summed E-state index contributed by atoms with van der Waals surface area (Å²) in [6.45, 7) is 4.08. The summed E-state index contributed by atoms with van der Waals surface area (Å²) in [4.78, 5) is 16.7. The molecule has 0 saturated heterocycles. The van der Waals surface area contributed by atoms with Gasteiger partial charge in [0.25, 0.3) is 0 Å². The van der Waals surface area contributed by atoms with E-state index in [0.717, 1.165) is 29.4 Å². The molecule has 0 radical (unpaired) electrons. The number of aryl methyl sites for hydroxylation is 1. The molecule has 0 fully saturated rings. The zero-order chi connectivity index (χ0) is 18.5. The Balaban J connectivity index is 2.03.